The molecule has 0 spiro atoms. The van der Waals surface area contributed by atoms with E-state index in [-0.39, 0.29) is 17.8 Å². The predicted molar refractivity (Wildman–Crippen MR) is 132 cm³/mol. The molecule has 34 heavy (non-hydrogen) atoms. The largest absolute Gasteiger partial charge is 0.497 e. The molecule has 0 unspecified atom stereocenters. The third-order valence-electron chi connectivity index (χ3n) is 6.20. The molecular weight excluding hydrogens is 430 g/mol. The highest BCUT2D eigenvalue weighted by Gasteiger charge is 2.19. The molecule has 0 saturated carbocycles. The average Bonchev–Trinajstić information content (AvgIpc) is 3.13. The molecule has 2 aromatic heterocycles. The molecule has 3 aromatic carbocycles. The second-order valence-electron chi connectivity index (χ2n) is 8.11. The Bertz CT molecular complexity index is 1590. The molecule has 2 heterocycles. The Balaban J connectivity index is 1.40. The summed E-state index contributed by atoms with van der Waals surface area (Å²) in [5, 5.41) is 1.35. The number of methoxy groups -OCH3 is 1. The third kappa shape index (κ3) is 3.63. The zero-order valence-corrected chi connectivity index (χ0v) is 19.1. The topological polar surface area (TPSA) is 70.7 Å². The van der Waals surface area contributed by atoms with Crippen LogP contribution in [-0.4, -0.2) is 24.1 Å². The van der Waals surface area contributed by atoms with Gasteiger partial charge < -0.3 is 18.5 Å². The number of Topliss-reactive ketones (excluding diaryl/α,β-unsaturated/α-hetero) is 1. The zero-order valence-electron chi connectivity index (χ0n) is 19.1. The molecule has 0 aliphatic heterocycles. The van der Waals surface area contributed by atoms with Crippen molar-refractivity contribution in [2.24, 2.45) is 7.05 Å². The number of rotatable bonds is 6. The fraction of sp³-hybridized carbons (Fsp3) is 0.143. The van der Waals surface area contributed by atoms with Crippen LogP contribution in [0.25, 0.3) is 33.0 Å². The Morgan fingerprint density at radius 2 is 1.71 bits per heavy atom. The lowest BCUT2D eigenvalue weighted by Gasteiger charge is -2.08. The molecule has 170 valence electrons. The van der Waals surface area contributed by atoms with E-state index in [4.69, 9.17) is 13.9 Å². The highest BCUT2D eigenvalue weighted by molar-refractivity contribution is 6.10. The number of para-hydroxylation sites is 1. The first-order valence-corrected chi connectivity index (χ1v) is 10.9. The number of nitrogens with zero attached hydrogens (tertiary/aromatic N) is 1. The molecule has 0 bridgehead atoms. The second kappa shape index (κ2) is 8.56. The number of benzene rings is 3. The Morgan fingerprint density at radius 1 is 0.971 bits per heavy atom. The van der Waals surface area contributed by atoms with Crippen LogP contribution in [0.4, 0.5) is 0 Å². The normalized spacial score (nSPS) is 11.1. The predicted octanol–water partition coefficient (Wildman–Crippen LogP) is 5.53. The molecule has 0 aliphatic rings. The maximum Gasteiger partial charge on any atom is 0.202 e. The molecule has 0 atom stereocenters. The highest BCUT2D eigenvalue weighted by atomic mass is 16.5. The van der Waals surface area contributed by atoms with Gasteiger partial charge in [-0.1, -0.05) is 30.3 Å². The number of aromatic nitrogens is 1. The molecule has 0 aliphatic carbocycles. The van der Waals surface area contributed by atoms with Gasteiger partial charge in [0, 0.05) is 35.3 Å². The summed E-state index contributed by atoms with van der Waals surface area (Å²) in [5.74, 6) is 1.06. The summed E-state index contributed by atoms with van der Waals surface area (Å²) in [4.78, 5) is 26.0. The maximum absolute atomic E-state index is 13.0. The van der Waals surface area contributed by atoms with Crippen molar-refractivity contribution in [2.45, 2.75) is 6.92 Å². The van der Waals surface area contributed by atoms with E-state index in [1.165, 1.54) is 6.26 Å². The first-order valence-electron chi connectivity index (χ1n) is 10.9. The number of hydrogen-bond donors (Lipinski definition) is 0. The van der Waals surface area contributed by atoms with Crippen LogP contribution in [0, 0.1) is 6.92 Å². The summed E-state index contributed by atoms with van der Waals surface area (Å²) in [7, 11) is 3.54. The molecule has 6 heteroatoms. The summed E-state index contributed by atoms with van der Waals surface area (Å²) < 4.78 is 18.7. The van der Waals surface area contributed by atoms with Crippen molar-refractivity contribution < 1.29 is 18.7 Å². The third-order valence-corrected chi connectivity index (χ3v) is 6.20. The lowest BCUT2D eigenvalue weighted by atomic mass is 10.1. The number of ketones is 1. The van der Waals surface area contributed by atoms with Crippen LogP contribution in [-0.2, 0) is 7.05 Å². The van der Waals surface area contributed by atoms with Crippen LogP contribution < -0.4 is 14.9 Å². The molecule has 0 fully saturated rings. The van der Waals surface area contributed by atoms with Gasteiger partial charge in [0.25, 0.3) is 0 Å². The minimum absolute atomic E-state index is 0.106. The Labute approximate surface area is 196 Å². The summed E-state index contributed by atoms with van der Waals surface area (Å²) >= 11 is 0. The van der Waals surface area contributed by atoms with Crippen molar-refractivity contribution in [1.82, 2.24) is 4.57 Å². The van der Waals surface area contributed by atoms with Gasteiger partial charge in [-0.25, -0.2) is 0 Å². The van der Waals surface area contributed by atoms with Gasteiger partial charge in [0.15, 0.2) is 12.0 Å². The lowest BCUT2D eigenvalue weighted by Crippen LogP contribution is -2.13. The summed E-state index contributed by atoms with van der Waals surface area (Å²) in [6.45, 7) is 1.81. The number of aryl methyl sites for hydroxylation is 1. The van der Waals surface area contributed by atoms with Crippen LogP contribution in [0.15, 0.2) is 82.2 Å². The zero-order chi connectivity index (χ0) is 23.8. The number of ether oxygens (including phenoxy) is 2. The van der Waals surface area contributed by atoms with Crippen molar-refractivity contribution in [3.05, 3.63) is 94.5 Å². The van der Waals surface area contributed by atoms with E-state index in [9.17, 15) is 9.59 Å². The van der Waals surface area contributed by atoms with Gasteiger partial charge in [-0.15, -0.1) is 0 Å². The van der Waals surface area contributed by atoms with E-state index in [1.807, 2.05) is 54.9 Å². The minimum atomic E-state index is -0.138. The van der Waals surface area contributed by atoms with Gasteiger partial charge in [0.2, 0.25) is 5.78 Å². The van der Waals surface area contributed by atoms with Crippen molar-refractivity contribution in [1.29, 1.82) is 0 Å². The van der Waals surface area contributed by atoms with E-state index in [2.05, 4.69) is 0 Å². The molecule has 0 amide bonds. The van der Waals surface area contributed by atoms with Crippen LogP contribution in [0.2, 0.25) is 0 Å². The highest BCUT2D eigenvalue weighted by Crippen LogP contribution is 2.27. The van der Waals surface area contributed by atoms with Crippen molar-refractivity contribution in [3.8, 4) is 22.6 Å². The van der Waals surface area contributed by atoms with E-state index in [1.54, 1.807) is 37.4 Å². The van der Waals surface area contributed by atoms with E-state index in [0.717, 1.165) is 22.2 Å². The van der Waals surface area contributed by atoms with Gasteiger partial charge in [-0.3, -0.25) is 9.59 Å². The number of hydrogen-bond acceptors (Lipinski definition) is 5. The number of carbonyl (C=O) groups is 1. The van der Waals surface area contributed by atoms with Gasteiger partial charge in [-0.2, -0.15) is 0 Å². The Kier molecular flexibility index (Phi) is 5.42. The van der Waals surface area contributed by atoms with Crippen molar-refractivity contribution in [3.63, 3.8) is 0 Å². The molecule has 0 radical (unpaired) electrons. The SMILES string of the molecule is COc1ccc(-c2coc3cc(OCC(=O)c4c(C)n(C)c5ccccc45)ccc3c2=O)cc1. The number of carbonyl (C=O) groups excluding carboxylic acids is 1. The smallest absolute Gasteiger partial charge is 0.202 e. The molecule has 6 nitrogen and oxygen atoms in total. The average molecular weight is 453 g/mol. The van der Waals surface area contributed by atoms with Crippen LogP contribution in [0.1, 0.15) is 16.1 Å². The van der Waals surface area contributed by atoms with Gasteiger partial charge in [-0.05, 0) is 42.8 Å². The van der Waals surface area contributed by atoms with Crippen molar-refractivity contribution in [2.75, 3.05) is 13.7 Å². The molecule has 5 rings (SSSR count). The quantitative estimate of drug-likeness (QED) is 0.316. The Morgan fingerprint density at radius 3 is 2.47 bits per heavy atom. The molecular formula is C28H23NO5. The maximum atomic E-state index is 13.0. The molecule has 5 aromatic rings. The summed E-state index contributed by atoms with van der Waals surface area (Å²) in [6.07, 6.45) is 1.45. The van der Waals surface area contributed by atoms with Crippen molar-refractivity contribution >= 4 is 27.7 Å². The van der Waals surface area contributed by atoms with Gasteiger partial charge in [0.05, 0.1) is 18.1 Å². The van der Waals surface area contributed by atoms with Crippen LogP contribution in [0.3, 0.4) is 0 Å². The second-order valence-corrected chi connectivity index (χ2v) is 8.11. The first kappa shape index (κ1) is 21.5. The molecule has 0 saturated heterocycles. The molecule has 0 N–H and O–H groups in total. The monoisotopic (exact) mass is 453 g/mol. The Hall–Kier alpha value is -4.32. The minimum Gasteiger partial charge on any atom is -0.497 e. The fourth-order valence-corrected chi connectivity index (χ4v) is 4.26. The van der Waals surface area contributed by atoms with Gasteiger partial charge >= 0.3 is 0 Å². The summed E-state index contributed by atoms with van der Waals surface area (Å²) in [6, 6.07) is 20.0. The van der Waals surface area contributed by atoms with E-state index in [0.29, 0.717) is 33.6 Å². The summed E-state index contributed by atoms with van der Waals surface area (Å²) in [5.41, 5.74) is 4.02. The fourth-order valence-electron chi connectivity index (χ4n) is 4.26. The first-order chi connectivity index (χ1) is 16.5. The van der Waals surface area contributed by atoms with E-state index < -0.39 is 0 Å². The van der Waals surface area contributed by atoms with E-state index >= 15 is 0 Å². The van der Waals surface area contributed by atoms with Crippen LogP contribution >= 0.6 is 0 Å². The standard InChI is InChI=1S/C28H23NO5/c1-17-27(21-6-4-5-7-24(21)29(17)2)25(30)16-33-20-12-13-22-26(14-20)34-15-23(28(22)31)18-8-10-19(32-3)11-9-18/h4-15H,16H2,1-3H3. The van der Waals surface area contributed by atoms with Crippen LogP contribution in [0.5, 0.6) is 11.5 Å². The lowest BCUT2D eigenvalue weighted by molar-refractivity contribution is 0.0922. The number of fused-ring (bicyclic) bond motifs is 2. The van der Waals surface area contributed by atoms with Gasteiger partial charge in [0.1, 0.15) is 23.3 Å².